The molecule has 1 aromatic carbocycles. The predicted octanol–water partition coefficient (Wildman–Crippen LogP) is 1.50. The summed E-state index contributed by atoms with van der Waals surface area (Å²) in [4.78, 5) is 38.3. The number of carbonyl (C=O) groups excluding carboxylic acids is 3. The number of nitrogens with one attached hydrogen (secondary N) is 1. The normalized spacial score (nSPS) is 14.4. The van der Waals surface area contributed by atoms with Gasteiger partial charge in [-0.25, -0.2) is 0 Å². The van der Waals surface area contributed by atoms with Crippen molar-refractivity contribution in [1.29, 1.82) is 0 Å². The van der Waals surface area contributed by atoms with Crippen LogP contribution in [-0.2, 0) is 32.6 Å². The Hall–Kier alpha value is -3.16. The lowest BCUT2D eigenvalue weighted by atomic mass is 10.1. The molecule has 0 spiro atoms. The summed E-state index contributed by atoms with van der Waals surface area (Å²) < 4.78 is 7.04. The summed E-state index contributed by atoms with van der Waals surface area (Å²) in [5, 5.41) is 7.00. The van der Waals surface area contributed by atoms with E-state index in [2.05, 4.69) is 10.4 Å². The zero-order valence-corrected chi connectivity index (χ0v) is 15.8. The van der Waals surface area contributed by atoms with E-state index in [1.807, 2.05) is 20.9 Å². The molecule has 0 fully saturated rings. The van der Waals surface area contributed by atoms with Gasteiger partial charge in [-0.3, -0.25) is 24.0 Å². The summed E-state index contributed by atoms with van der Waals surface area (Å²) in [6.45, 7) is 5.10. The van der Waals surface area contributed by atoms with Crippen LogP contribution in [0.5, 0.6) is 0 Å². The Morgan fingerprint density at radius 2 is 2.00 bits per heavy atom. The summed E-state index contributed by atoms with van der Waals surface area (Å²) in [6, 6.07) is 7.01. The number of para-hydroxylation sites is 2. The maximum Gasteiger partial charge on any atom is 0.311 e. The van der Waals surface area contributed by atoms with Gasteiger partial charge in [-0.1, -0.05) is 12.1 Å². The van der Waals surface area contributed by atoms with Crippen LogP contribution in [0.4, 0.5) is 11.4 Å². The van der Waals surface area contributed by atoms with Crippen molar-refractivity contribution < 1.29 is 19.1 Å². The van der Waals surface area contributed by atoms with Crippen LogP contribution in [0.15, 0.2) is 24.3 Å². The summed E-state index contributed by atoms with van der Waals surface area (Å²) in [6.07, 6.45) is -0.964. The first-order chi connectivity index (χ1) is 12.8. The molecule has 3 rings (SSSR count). The second-order valence-electron chi connectivity index (χ2n) is 6.57. The van der Waals surface area contributed by atoms with Gasteiger partial charge in [0.15, 0.2) is 6.10 Å². The van der Waals surface area contributed by atoms with Crippen molar-refractivity contribution in [3.8, 4) is 0 Å². The highest BCUT2D eigenvalue weighted by molar-refractivity contribution is 6.11. The number of hydrogen-bond donors (Lipinski definition) is 1. The highest BCUT2D eigenvalue weighted by Crippen LogP contribution is 2.29. The van der Waals surface area contributed by atoms with E-state index in [0.717, 1.165) is 17.0 Å². The molecule has 1 unspecified atom stereocenters. The van der Waals surface area contributed by atoms with E-state index in [0.29, 0.717) is 11.4 Å². The number of nitrogens with zero attached hydrogens (tertiary/aromatic N) is 3. The molecule has 0 saturated heterocycles. The van der Waals surface area contributed by atoms with Crippen molar-refractivity contribution in [2.24, 2.45) is 7.05 Å². The number of aromatic nitrogens is 2. The molecule has 8 nitrogen and oxygen atoms in total. The maximum absolute atomic E-state index is 12.8. The molecule has 0 radical (unpaired) electrons. The predicted molar refractivity (Wildman–Crippen MR) is 99.4 cm³/mol. The molecule has 2 aromatic rings. The largest absolute Gasteiger partial charge is 0.452 e. The molecule has 2 heterocycles. The Morgan fingerprint density at radius 1 is 1.30 bits per heavy atom. The minimum Gasteiger partial charge on any atom is -0.452 e. The molecule has 1 aliphatic rings. The monoisotopic (exact) mass is 370 g/mol. The third-order valence-corrected chi connectivity index (χ3v) is 4.67. The third kappa shape index (κ3) is 3.69. The summed E-state index contributed by atoms with van der Waals surface area (Å²) >= 11 is 0. The molecular formula is C19H22N4O4. The molecule has 0 aliphatic carbocycles. The second-order valence-corrected chi connectivity index (χ2v) is 6.57. The average Bonchev–Trinajstić information content (AvgIpc) is 2.86. The van der Waals surface area contributed by atoms with E-state index in [4.69, 9.17) is 4.74 Å². The Bertz CT molecular complexity index is 918. The number of ether oxygens (including phenoxy) is 1. The Balaban J connectivity index is 1.71. The van der Waals surface area contributed by atoms with Gasteiger partial charge in [-0.2, -0.15) is 5.10 Å². The Morgan fingerprint density at radius 3 is 2.67 bits per heavy atom. The quantitative estimate of drug-likeness (QED) is 0.823. The fraction of sp³-hybridized carbons (Fsp3) is 0.368. The van der Waals surface area contributed by atoms with Gasteiger partial charge < -0.3 is 10.1 Å². The van der Waals surface area contributed by atoms with Crippen molar-refractivity contribution in [2.45, 2.75) is 33.3 Å². The molecule has 0 saturated carbocycles. The second kappa shape index (κ2) is 7.22. The number of benzene rings is 1. The van der Waals surface area contributed by atoms with Crippen LogP contribution in [0.25, 0.3) is 0 Å². The van der Waals surface area contributed by atoms with E-state index >= 15 is 0 Å². The van der Waals surface area contributed by atoms with Gasteiger partial charge in [0.05, 0.1) is 23.5 Å². The number of rotatable bonds is 4. The van der Waals surface area contributed by atoms with Gasteiger partial charge in [0.25, 0.3) is 5.91 Å². The molecule has 1 aliphatic heterocycles. The van der Waals surface area contributed by atoms with Crippen LogP contribution < -0.4 is 10.2 Å². The third-order valence-electron chi connectivity index (χ3n) is 4.67. The number of amides is 2. The summed E-state index contributed by atoms with van der Waals surface area (Å²) in [5.41, 5.74) is 3.58. The van der Waals surface area contributed by atoms with Crippen molar-refractivity contribution in [3.05, 3.63) is 41.2 Å². The lowest BCUT2D eigenvalue weighted by Gasteiger charge is -2.30. The lowest BCUT2D eigenvalue weighted by molar-refractivity contribution is -0.153. The van der Waals surface area contributed by atoms with Crippen molar-refractivity contribution in [2.75, 3.05) is 16.8 Å². The number of anilines is 2. The number of fused-ring (bicyclic) bond motifs is 1. The van der Waals surface area contributed by atoms with Gasteiger partial charge in [-0.05, 0) is 32.9 Å². The average molecular weight is 370 g/mol. The standard InChI is InChI=1S/C19H22N4O4/c1-11-14(12(2)22(4)21-11)9-18(25)27-13(3)19(26)23-10-17(24)20-15-7-5-6-8-16(15)23/h5-8,13H,9-10H2,1-4H3,(H,20,24). The summed E-state index contributed by atoms with van der Waals surface area (Å²) in [7, 11) is 1.81. The van der Waals surface area contributed by atoms with Crippen LogP contribution in [0.3, 0.4) is 0 Å². The highest BCUT2D eigenvalue weighted by Gasteiger charge is 2.31. The van der Waals surface area contributed by atoms with E-state index in [-0.39, 0.29) is 18.9 Å². The molecular weight excluding hydrogens is 348 g/mol. The van der Waals surface area contributed by atoms with Crippen molar-refractivity contribution >= 4 is 29.2 Å². The van der Waals surface area contributed by atoms with Crippen LogP contribution in [0.2, 0.25) is 0 Å². The van der Waals surface area contributed by atoms with E-state index in [1.54, 1.807) is 28.9 Å². The van der Waals surface area contributed by atoms with Crippen molar-refractivity contribution in [1.82, 2.24) is 9.78 Å². The molecule has 1 atom stereocenters. The highest BCUT2D eigenvalue weighted by atomic mass is 16.5. The summed E-state index contributed by atoms with van der Waals surface area (Å²) in [5.74, 6) is -1.24. The number of hydrogen-bond acceptors (Lipinski definition) is 5. The van der Waals surface area contributed by atoms with Gasteiger partial charge >= 0.3 is 5.97 Å². The molecule has 2 amide bonds. The molecule has 8 heteroatoms. The van der Waals surface area contributed by atoms with Gasteiger partial charge in [0.1, 0.15) is 6.54 Å². The van der Waals surface area contributed by atoms with Gasteiger partial charge in [0.2, 0.25) is 5.91 Å². The van der Waals surface area contributed by atoms with E-state index in [1.165, 1.54) is 11.8 Å². The minimum absolute atomic E-state index is 0.0419. The van der Waals surface area contributed by atoms with Crippen LogP contribution in [0, 0.1) is 13.8 Å². The Kier molecular flexibility index (Phi) is 4.98. The van der Waals surface area contributed by atoms with Gasteiger partial charge in [-0.15, -0.1) is 0 Å². The van der Waals surface area contributed by atoms with Gasteiger partial charge in [0, 0.05) is 18.3 Å². The van der Waals surface area contributed by atoms with E-state index in [9.17, 15) is 14.4 Å². The number of aryl methyl sites for hydroxylation is 2. The maximum atomic E-state index is 12.8. The first-order valence-electron chi connectivity index (χ1n) is 8.66. The number of esters is 1. The van der Waals surface area contributed by atoms with Crippen molar-refractivity contribution in [3.63, 3.8) is 0 Å². The lowest BCUT2D eigenvalue weighted by Crippen LogP contribution is -2.47. The SMILES string of the molecule is Cc1nn(C)c(C)c1CC(=O)OC(C)C(=O)N1CC(=O)Nc2ccccc21. The van der Waals surface area contributed by atoms with E-state index < -0.39 is 18.0 Å². The fourth-order valence-electron chi connectivity index (χ4n) is 3.16. The zero-order chi connectivity index (χ0) is 19.7. The van der Waals surface area contributed by atoms with Crippen LogP contribution >= 0.6 is 0 Å². The topological polar surface area (TPSA) is 93.5 Å². The zero-order valence-electron chi connectivity index (χ0n) is 15.8. The molecule has 1 aromatic heterocycles. The fourth-order valence-corrected chi connectivity index (χ4v) is 3.16. The van der Waals surface area contributed by atoms with Crippen LogP contribution in [-0.4, -0.2) is 40.2 Å². The molecule has 0 bridgehead atoms. The smallest absolute Gasteiger partial charge is 0.311 e. The minimum atomic E-state index is -1.01. The Labute approximate surface area is 157 Å². The first kappa shape index (κ1) is 18.6. The first-order valence-corrected chi connectivity index (χ1v) is 8.66. The molecule has 27 heavy (non-hydrogen) atoms. The molecule has 1 N–H and O–H groups in total. The number of carbonyl (C=O) groups is 3. The molecule has 142 valence electrons. The van der Waals surface area contributed by atoms with Crippen LogP contribution in [0.1, 0.15) is 23.9 Å².